The summed E-state index contributed by atoms with van der Waals surface area (Å²) in [6.45, 7) is 5.78. The van der Waals surface area contributed by atoms with E-state index in [0.717, 1.165) is 4.90 Å². The number of sulfonamides is 1. The van der Waals surface area contributed by atoms with E-state index in [2.05, 4.69) is 10.9 Å². The van der Waals surface area contributed by atoms with Crippen molar-refractivity contribution in [2.45, 2.75) is 38.1 Å². The number of carbonyl (C=O) groups excluding carboxylic acids is 3. The quantitative estimate of drug-likeness (QED) is 0.431. The van der Waals surface area contributed by atoms with E-state index in [1.807, 2.05) is 0 Å². The Kier molecular flexibility index (Phi) is 7.53. The van der Waals surface area contributed by atoms with Crippen LogP contribution in [-0.4, -0.2) is 49.6 Å². The summed E-state index contributed by atoms with van der Waals surface area (Å²) >= 11 is 6.11. The van der Waals surface area contributed by atoms with Crippen molar-refractivity contribution in [3.8, 4) is 0 Å². The average Bonchev–Trinajstić information content (AvgIpc) is 3.07. The van der Waals surface area contributed by atoms with Crippen LogP contribution in [0.2, 0.25) is 5.02 Å². The summed E-state index contributed by atoms with van der Waals surface area (Å²) in [6.07, 6.45) is -0.151. The Morgan fingerprint density at radius 2 is 1.82 bits per heavy atom. The van der Waals surface area contributed by atoms with Crippen molar-refractivity contribution in [1.82, 2.24) is 15.2 Å². The van der Waals surface area contributed by atoms with E-state index in [0.29, 0.717) is 29.4 Å². The Morgan fingerprint density at radius 3 is 2.48 bits per heavy atom. The molecule has 0 saturated carbocycles. The van der Waals surface area contributed by atoms with Crippen molar-refractivity contribution < 1.29 is 22.8 Å². The highest BCUT2D eigenvalue weighted by Gasteiger charge is 2.40. The van der Waals surface area contributed by atoms with Crippen LogP contribution in [0.15, 0.2) is 47.4 Å². The molecule has 11 heteroatoms. The summed E-state index contributed by atoms with van der Waals surface area (Å²) in [5.41, 5.74) is 6.07. The zero-order valence-electron chi connectivity index (χ0n) is 18.5. The van der Waals surface area contributed by atoms with E-state index in [9.17, 15) is 22.8 Å². The molecule has 9 nitrogen and oxygen atoms in total. The molecule has 2 aromatic rings. The summed E-state index contributed by atoms with van der Waals surface area (Å²) in [5.74, 6) is -1.59. The van der Waals surface area contributed by atoms with Crippen LogP contribution in [0.3, 0.4) is 0 Å². The second kappa shape index (κ2) is 10.0. The Labute approximate surface area is 197 Å². The van der Waals surface area contributed by atoms with Gasteiger partial charge in [-0.15, -0.1) is 0 Å². The number of imide groups is 1. The molecule has 3 rings (SSSR count). The van der Waals surface area contributed by atoms with Crippen LogP contribution in [0.25, 0.3) is 0 Å². The van der Waals surface area contributed by atoms with Crippen molar-refractivity contribution >= 4 is 45.0 Å². The van der Waals surface area contributed by atoms with E-state index < -0.39 is 33.8 Å². The zero-order valence-corrected chi connectivity index (χ0v) is 20.0. The van der Waals surface area contributed by atoms with Gasteiger partial charge < -0.3 is 0 Å². The van der Waals surface area contributed by atoms with Gasteiger partial charge in [0, 0.05) is 23.7 Å². The van der Waals surface area contributed by atoms with Gasteiger partial charge in [-0.25, -0.2) is 18.7 Å². The van der Waals surface area contributed by atoms with Gasteiger partial charge in [0.15, 0.2) is 0 Å². The first-order chi connectivity index (χ1) is 15.6. The molecule has 0 unspecified atom stereocenters. The number of halogens is 1. The molecular formula is C22H25ClN4O5S. The molecule has 1 aliphatic heterocycles. The van der Waals surface area contributed by atoms with Crippen molar-refractivity contribution in [2.24, 2.45) is 0 Å². The molecule has 3 amide bonds. The molecule has 0 radical (unpaired) electrons. The van der Waals surface area contributed by atoms with Gasteiger partial charge in [0.05, 0.1) is 17.0 Å². The van der Waals surface area contributed by atoms with Gasteiger partial charge in [-0.2, -0.15) is 4.31 Å². The van der Waals surface area contributed by atoms with E-state index in [-0.39, 0.29) is 16.9 Å². The van der Waals surface area contributed by atoms with Crippen LogP contribution in [0.5, 0.6) is 0 Å². The second-order valence-corrected chi connectivity index (χ2v) is 9.77. The van der Waals surface area contributed by atoms with Gasteiger partial charge in [-0.05, 0) is 42.8 Å². The Bertz CT molecular complexity index is 1200. The van der Waals surface area contributed by atoms with Crippen LogP contribution in [0.4, 0.5) is 5.69 Å². The summed E-state index contributed by atoms with van der Waals surface area (Å²) in [7, 11) is -3.73. The summed E-state index contributed by atoms with van der Waals surface area (Å²) in [4.78, 5) is 39.0. The molecule has 1 aliphatic rings. The fraction of sp³-hybridized carbons (Fsp3) is 0.318. The number of anilines is 1. The number of hydrazine groups is 1. The predicted octanol–water partition coefficient (Wildman–Crippen LogP) is 2.25. The van der Waals surface area contributed by atoms with Crippen LogP contribution in [-0.2, 0) is 19.6 Å². The molecule has 0 spiro atoms. The maximum absolute atomic E-state index is 12.8. The number of hydrogen-bond donors (Lipinski definition) is 2. The zero-order chi connectivity index (χ0) is 24.3. The molecule has 0 aliphatic carbocycles. The third-order valence-corrected chi connectivity index (χ3v) is 7.88. The number of hydrogen-bond acceptors (Lipinski definition) is 6. The highest BCUT2D eigenvalue weighted by atomic mass is 35.5. The van der Waals surface area contributed by atoms with Gasteiger partial charge in [0.25, 0.3) is 11.8 Å². The second-order valence-electron chi connectivity index (χ2n) is 7.42. The molecule has 0 aromatic heterocycles. The van der Waals surface area contributed by atoms with Gasteiger partial charge >= 0.3 is 0 Å². The third kappa shape index (κ3) is 4.93. The molecule has 2 aromatic carbocycles. The minimum Gasteiger partial charge on any atom is -0.287 e. The topological polar surface area (TPSA) is 116 Å². The molecule has 33 heavy (non-hydrogen) atoms. The first kappa shape index (κ1) is 24.8. The smallest absolute Gasteiger partial charge is 0.265 e. The maximum Gasteiger partial charge on any atom is 0.265 e. The molecule has 2 N–H and O–H groups in total. The van der Waals surface area contributed by atoms with Gasteiger partial charge in [-0.3, -0.25) is 19.8 Å². The number of carbonyl (C=O) groups is 3. The lowest BCUT2D eigenvalue weighted by atomic mass is 10.2. The normalized spacial score (nSPS) is 16.5. The highest BCUT2D eigenvalue weighted by Crippen LogP contribution is 2.30. The molecule has 1 saturated heterocycles. The van der Waals surface area contributed by atoms with E-state index >= 15 is 0 Å². The van der Waals surface area contributed by atoms with Crippen molar-refractivity contribution in [3.05, 3.63) is 58.6 Å². The SMILES string of the molecule is CCN(CC)S(=O)(=O)c1cccc(C(=O)NN[C@H]2CC(=O)N(c3cccc(Cl)c3C)C2=O)c1. The predicted molar refractivity (Wildman–Crippen MR) is 124 cm³/mol. The Balaban J connectivity index is 1.72. The third-order valence-electron chi connectivity index (χ3n) is 5.43. The number of rotatable bonds is 8. The standard InChI is InChI=1S/C22H25ClN4O5S/c1-4-26(5-2)33(31,32)16-9-6-8-15(12-16)21(29)25-24-18-13-20(28)27(22(18)30)19-11-7-10-17(23)14(19)3/h6-12,18,24H,4-5,13H2,1-3H3,(H,25,29)/t18-/m0/s1. The first-order valence-electron chi connectivity index (χ1n) is 10.4. The molecule has 1 atom stereocenters. The molecule has 1 fully saturated rings. The molecule has 176 valence electrons. The van der Waals surface area contributed by atoms with E-state index in [4.69, 9.17) is 11.6 Å². The summed E-state index contributed by atoms with van der Waals surface area (Å²) in [6, 6.07) is 9.59. The van der Waals surface area contributed by atoms with Crippen LogP contribution < -0.4 is 15.8 Å². The average molecular weight is 493 g/mol. The molecule has 1 heterocycles. The lowest BCUT2D eigenvalue weighted by Crippen LogP contribution is -2.48. The largest absolute Gasteiger partial charge is 0.287 e. The summed E-state index contributed by atoms with van der Waals surface area (Å²) < 4.78 is 26.7. The number of benzene rings is 2. The van der Waals surface area contributed by atoms with Gasteiger partial charge in [-0.1, -0.05) is 37.6 Å². The number of nitrogens with zero attached hydrogens (tertiary/aromatic N) is 2. The lowest BCUT2D eigenvalue weighted by molar-refractivity contribution is -0.121. The Hall–Kier alpha value is -2.79. The highest BCUT2D eigenvalue weighted by molar-refractivity contribution is 7.89. The van der Waals surface area contributed by atoms with Crippen LogP contribution in [0.1, 0.15) is 36.2 Å². The maximum atomic E-state index is 12.8. The summed E-state index contributed by atoms with van der Waals surface area (Å²) in [5, 5.41) is 0.428. The van der Waals surface area contributed by atoms with Crippen LogP contribution in [0, 0.1) is 6.92 Å². The van der Waals surface area contributed by atoms with Crippen molar-refractivity contribution in [3.63, 3.8) is 0 Å². The van der Waals surface area contributed by atoms with Crippen molar-refractivity contribution in [1.29, 1.82) is 0 Å². The Morgan fingerprint density at radius 1 is 1.15 bits per heavy atom. The minimum absolute atomic E-state index is 0.00595. The number of nitrogens with one attached hydrogen (secondary N) is 2. The molecule has 0 bridgehead atoms. The van der Waals surface area contributed by atoms with E-state index in [1.165, 1.54) is 28.6 Å². The lowest BCUT2D eigenvalue weighted by Gasteiger charge is -2.19. The van der Waals surface area contributed by atoms with Crippen molar-refractivity contribution in [2.75, 3.05) is 18.0 Å². The van der Waals surface area contributed by atoms with E-state index in [1.54, 1.807) is 39.0 Å². The van der Waals surface area contributed by atoms with Gasteiger partial charge in [0.1, 0.15) is 6.04 Å². The number of amides is 3. The van der Waals surface area contributed by atoms with Crippen LogP contribution >= 0.6 is 11.6 Å². The fourth-order valence-corrected chi connectivity index (χ4v) is 5.25. The molecular weight excluding hydrogens is 468 g/mol. The fourth-order valence-electron chi connectivity index (χ4n) is 3.57. The first-order valence-corrected chi connectivity index (χ1v) is 12.2. The van der Waals surface area contributed by atoms with Gasteiger partial charge in [0.2, 0.25) is 15.9 Å². The minimum atomic E-state index is -3.73. The monoisotopic (exact) mass is 492 g/mol.